The van der Waals surface area contributed by atoms with E-state index in [1.807, 2.05) is 32.0 Å². The van der Waals surface area contributed by atoms with Crippen molar-refractivity contribution < 1.29 is 14.0 Å². The first-order chi connectivity index (χ1) is 13.0. The number of benzene rings is 2. The minimum atomic E-state index is -0.450. The van der Waals surface area contributed by atoms with E-state index in [1.165, 1.54) is 29.2 Å². The van der Waals surface area contributed by atoms with E-state index in [9.17, 15) is 14.0 Å². The van der Waals surface area contributed by atoms with Gasteiger partial charge in [-0.05, 0) is 49.2 Å². The van der Waals surface area contributed by atoms with Crippen molar-refractivity contribution in [2.45, 2.75) is 13.8 Å². The van der Waals surface area contributed by atoms with Crippen LogP contribution in [0.2, 0.25) is 0 Å². The van der Waals surface area contributed by atoms with Crippen LogP contribution < -0.4 is 10.6 Å². The third-order valence-corrected chi connectivity index (χ3v) is 4.13. The molecule has 0 aliphatic rings. The molecule has 6 nitrogen and oxygen atoms in total. The molecule has 0 unspecified atom stereocenters. The number of aryl methyl sites for hydroxylation is 2. The van der Waals surface area contributed by atoms with Crippen LogP contribution in [-0.2, 0) is 4.79 Å². The zero-order chi connectivity index (χ0) is 19.4. The lowest BCUT2D eigenvalue weighted by Gasteiger charge is -2.12. The molecule has 2 amide bonds. The minimum absolute atomic E-state index is 0.179. The van der Waals surface area contributed by atoms with Crippen molar-refractivity contribution in [2.24, 2.45) is 0 Å². The number of carbonyl (C=O) groups excluding carboxylic acids is 2. The van der Waals surface area contributed by atoms with Crippen molar-refractivity contribution in [3.63, 3.8) is 0 Å². The summed E-state index contributed by atoms with van der Waals surface area (Å²) >= 11 is 0. The van der Waals surface area contributed by atoms with Crippen LogP contribution >= 0.6 is 0 Å². The molecule has 0 saturated heterocycles. The van der Waals surface area contributed by atoms with Crippen molar-refractivity contribution in [3.05, 3.63) is 77.6 Å². The molecule has 2 aromatic carbocycles. The van der Waals surface area contributed by atoms with Gasteiger partial charge in [-0.25, -0.2) is 9.37 Å². The molecule has 7 heteroatoms. The molecule has 0 spiro atoms. The Balaban J connectivity index is 1.66. The second-order valence-electron chi connectivity index (χ2n) is 6.12. The average Bonchev–Trinajstić information content (AvgIpc) is 3.13. The predicted molar refractivity (Wildman–Crippen MR) is 100 cm³/mol. The van der Waals surface area contributed by atoms with Gasteiger partial charge in [0.1, 0.15) is 11.5 Å². The van der Waals surface area contributed by atoms with E-state index in [2.05, 4.69) is 15.6 Å². The van der Waals surface area contributed by atoms with Gasteiger partial charge in [-0.1, -0.05) is 18.2 Å². The van der Waals surface area contributed by atoms with Crippen molar-refractivity contribution >= 4 is 17.5 Å². The summed E-state index contributed by atoms with van der Waals surface area (Å²) in [5.74, 6) is -1.14. The number of hydrogen-bond donors (Lipinski definition) is 2. The van der Waals surface area contributed by atoms with Crippen molar-refractivity contribution in [1.82, 2.24) is 14.9 Å². The number of rotatable bonds is 5. The predicted octanol–water partition coefficient (Wildman–Crippen LogP) is 3.00. The summed E-state index contributed by atoms with van der Waals surface area (Å²) < 4.78 is 14.6. The Kier molecular flexibility index (Phi) is 5.30. The summed E-state index contributed by atoms with van der Waals surface area (Å²) in [5, 5.41) is 5.39. The second kappa shape index (κ2) is 7.82. The van der Waals surface area contributed by atoms with Crippen LogP contribution in [0.25, 0.3) is 5.69 Å². The van der Waals surface area contributed by atoms with E-state index in [1.54, 1.807) is 12.1 Å². The van der Waals surface area contributed by atoms with Crippen LogP contribution in [0, 0.1) is 19.7 Å². The molecule has 3 aromatic rings. The quantitative estimate of drug-likeness (QED) is 0.729. The van der Waals surface area contributed by atoms with Crippen molar-refractivity contribution in [2.75, 3.05) is 11.9 Å². The Morgan fingerprint density at radius 1 is 1.07 bits per heavy atom. The number of hydrogen-bond acceptors (Lipinski definition) is 3. The Morgan fingerprint density at radius 2 is 1.74 bits per heavy atom. The SMILES string of the molecule is Cc1cccc(C)c1NC(=O)CNC(=O)c1cncn1-c1ccc(F)cc1. The summed E-state index contributed by atoms with van der Waals surface area (Å²) in [4.78, 5) is 28.6. The molecule has 0 fully saturated rings. The molecule has 0 aliphatic heterocycles. The Labute approximate surface area is 156 Å². The third-order valence-electron chi connectivity index (χ3n) is 4.13. The highest BCUT2D eigenvalue weighted by Gasteiger charge is 2.15. The maximum atomic E-state index is 13.1. The molecule has 3 rings (SSSR count). The molecular weight excluding hydrogens is 347 g/mol. The molecular formula is C20H19FN4O2. The Bertz CT molecular complexity index is 960. The summed E-state index contributed by atoms with van der Waals surface area (Å²) in [6, 6.07) is 11.4. The zero-order valence-electron chi connectivity index (χ0n) is 15.0. The lowest BCUT2D eigenvalue weighted by molar-refractivity contribution is -0.115. The van der Waals surface area contributed by atoms with Gasteiger partial charge in [0.2, 0.25) is 5.91 Å². The highest BCUT2D eigenvalue weighted by molar-refractivity contribution is 5.99. The first kappa shape index (κ1) is 18.3. The number of anilines is 1. The zero-order valence-corrected chi connectivity index (χ0v) is 15.0. The van der Waals surface area contributed by atoms with Gasteiger partial charge in [-0.3, -0.25) is 14.2 Å². The van der Waals surface area contributed by atoms with E-state index in [4.69, 9.17) is 0 Å². The molecule has 0 atom stereocenters. The number of aromatic nitrogens is 2. The van der Waals surface area contributed by atoms with Gasteiger partial charge in [0.15, 0.2) is 0 Å². The lowest BCUT2D eigenvalue weighted by atomic mass is 10.1. The summed E-state index contributed by atoms with van der Waals surface area (Å²) in [6.07, 6.45) is 2.85. The number of para-hydroxylation sites is 1. The van der Waals surface area contributed by atoms with Gasteiger partial charge in [0.25, 0.3) is 5.91 Å². The first-order valence-electron chi connectivity index (χ1n) is 8.38. The molecule has 1 aromatic heterocycles. The van der Waals surface area contributed by atoms with Crippen molar-refractivity contribution in [3.8, 4) is 5.69 Å². The van der Waals surface area contributed by atoms with Gasteiger partial charge >= 0.3 is 0 Å². The molecule has 2 N–H and O–H groups in total. The molecule has 0 saturated carbocycles. The monoisotopic (exact) mass is 366 g/mol. The summed E-state index contributed by atoms with van der Waals surface area (Å²) in [7, 11) is 0. The number of halogens is 1. The van der Waals surface area contributed by atoms with E-state index in [0.717, 1.165) is 16.8 Å². The number of nitrogens with one attached hydrogen (secondary N) is 2. The van der Waals surface area contributed by atoms with Crippen LogP contribution in [0.15, 0.2) is 55.0 Å². The highest BCUT2D eigenvalue weighted by Crippen LogP contribution is 2.19. The van der Waals surface area contributed by atoms with Crippen LogP contribution in [-0.4, -0.2) is 27.9 Å². The van der Waals surface area contributed by atoms with E-state index in [-0.39, 0.29) is 24.0 Å². The van der Waals surface area contributed by atoms with Crippen LogP contribution in [0.4, 0.5) is 10.1 Å². The number of carbonyl (C=O) groups is 2. The fourth-order valence-corrected chi connectivity index (χ4v) is 2.72. The molecule has 138 valence electrons. The fourth-order valence-electron chi connectivity index (χ4n) is 2.72. The number of imidazole rings is 1. The topological polar surface area (TPSA) is 76.0 Å². The normalized spacial score (nSPS) is 10.5. The smallest absolute Gasteiger partial charge is 0.270 e. The Morgan fingerprint density at radius 3 is 2.41 bits per heavy atom. The standard InChI is InChI=1S/C20H19FN4O2/c1-13-4-3-5-14(2)19(13)24-18(26)11-23-20(27)17-10-22-12-25(17)16-8-6-15(21)7-9-16/h3-10,12H,11H2,1-2H3,(H,23,27)(H,24,26). The largest absolute Gasteiger partial charge is 0.342 e. The van der Waals surface area contributed by atoms with E-state index < -0.39 is 5.91 Å². The minimum Gasteiger partial charge on any atom is -0.342 e. The molecule has 0 aliphatic carbocycles. The third kappa shape index (κ3) is 4.20. The van der Waals surface area contributed by atoms with E-state index in [0.29, 0.717) is 5.69 Å². The maximum absolute atomic E-state index is 13.1. The van der Waals surface area contributed by atoms with Gasteiger partial charge in [0.05, 0.1) is 19.1 Å². The molecule has 27 heavy (non-hydrogen) atoms. The van der Waals surface area contributed by atoms with Gasteiger partial charge < -0.3 is 10.6 Å². The fraction of sp³-hybridized carbons (Fsp3) is 0.150. The van der Waals surface area contributed by atoms with E-state index >= 15 is 0 Å². The first-order valence-corrected chi connectivity index (χ1v) is 8.38. The Hall–Kier alpha value is -3.48. The van der Waals surface area contributed by atoms with Gasteiger partial charge in [-0.15, -0.1) is 0 Å². The highest BCUT2D eigenvalue weighted by atomic mass is 19.1. The maximum Gasteiger partial charge on any atom is 0.270 e. The van der Waals surface area contributed by atoms with Gasteiger partial charge in [0, 0.05) is 11.4 Å². The average molecular weight is 366 g/mol. The number of nitrogens with zero attached hydrogens (tertiary/aromatic N) is 2. The molecule has 0 radical (unpaired) electrons. The van der Waals surface area contributed by atoms with Crippen LogP contribution in [0.5, 0.6) is 0 Å². The van der Waals surface area contributed by atoms with Crippen LogP contribution in [0.1, 0.15) is 21.6 Å². The lowest BCUT2D eigenvalue weighted by Crippen LogP contribution is -2.34. The number of amides is 2. The van der Waals surface area contributed by atoms with Crippen molar-refractivity contribution in [1.29, 1.82) is 0 Å². The second-order valence-corrected chi connectivity index (χ2v) is 6.12. The van der Waals surface area contributed by atoms with Crippen LogP contribution in [0.3, 0.4) is 0 Å². The molecule has 1 heterocycles. The molecule has 0 bridgehead atoms. The summed E-state index contributed by atoms with van der Waals surface area (Å²) in [6.45, 7) is 3.63. The summed E-state index contributed by atoms with van der Waals surface area (Å²) in [5.41, 5.74) is 3.49. The van der Waals surface area contributed by atoms with Gasteiger partial charge in [-0.2, -0.15) is 0 Å².